The highest BCUT2D eigenvalue weighted by Crippen LogP contribution is 2.39. The molecule has 26 heavy (non-hydrogen) atoms. The Morgan fingerprint density at radius 1 is 1.23 bits per heavy atom. The molecule has 0 aromatic carbocycles. The Bertz CT molecular complexity index is 988. The van der Waals surface area contributed by atoms with Gasteiger partial charge in [-0.3, -0.25) is 9.48 Å². The van der Waals surface area contributed by atoms with Gasteiger partial charge in [0.05, 0.1) is 18.4 Å². The maximum absolute atomic E-state index is 12.1. The Kier molecular flexibility index (Phi) is 3.25. The third-order valence-corrected chi connectivity index (χ3v) is 5.42. The first-order chi connectivity index (χ1) is 12.6. The summed E-state index contributed by atoms with van der Waals surface area (Å²) in [6.45, 7) is 1.18. The van der Waals surface area contributed by atoms with Crippen LogP contribution in [0.5, 0.6) is 0 Å². The van der Waals surface area contributed by atoms with Crippen molar-refractivity contribution in [1.29, 1.82) is 0 Å². The molecule has 3 aromatic heterocycles. The number of anilines is 1. The van der Waals surface area contributed by atoms with Gasteiger partial charge in [-0.15, -0.1) is 0 Å². The number of aromatic nitrogens is 6. The highest BCUT2D eigenvalue weighted by atomic mass is 16.1. The molecule has 2 N–H and O–H groups in total. The summed E-state index contributed by atoms with van der Waals surface area (Å²) in [6.07, 6.45) is 9.52. The highest BCUT2D eigenvalue weighted by molar-refractivity contribution is 5.85. The molecule has 1 saturated carbocycles. The Morgan fingerprint density at radius 2 is 2.08 bits per heavy atom. The van der Waals surface area contributed by atoms with Crippen molar-refractivity contribution in [2.45, 2.75) is 24.8 Å². The molecule has 2 atom stereocenters. The average molecular weight is 352 g/mol. The number of nitrogens with zero attached hydrogens (tertiary/aromatic N) is 7. The second kappa shape index (κ2) is 5.52. The van der Waals surface area contributed by atoms with Crippen LogP contribution in [-0.4, -0.2) is 48.3 Å². The molecule has 2 fully saturated rings. The summed E-state index contributed by atoms with van der Waals surface area (Å²) in [5.41, 5.74) is 8.36. The molecular formula is C17H20N8O. The molecule has 134 valence electrons. The fourth-order valence-electron chi connectivity index (χ4n) is 3.93. The number of nitrogens with two attached hydrogens (primary N) is 1. The van der Waals surface area contributed by atoms with Crippen molar-refractivity contribution >= 4 is 22.9 Å². The van der Waals surface area contributed by atoms with Gasteiger partial charge in [-0.1, -0.05) is 0 Å². The van der Waals surface area contributed by atoms with E-state index in [1.807, 2.05) is 25.8 Å². The molecule has 1 aliphatic carbocycles. The molecule has 1 amide bonds. The minimum Gasteiger partial charge on any atom is -0.369 e. The van der Waals surface area contributed by atoms with Crippen LogP contribution in [0.15, 0.2) is 25.0 Å². The van der Waals surface area contributed by atoms with E-state index in [1.165, 1.54) is 12.8 Å². The second-order valence-electron chi connectivity index (χ2n) is 7.22. The molecule has 3 aromatic rings. The van der Waals surface area contributed by atoms with Crippen LogP contribution in [0.3, 0.4) is 0 Å². The number of hydrogen-bond acceptors (Lipinski definition) is 6. The van der Waals surface area contributed by atoms with E-state index in [0.717, 1.165) is 22.5 Å². The summed E-state index contributed by atoms with van der Waals surface area (Å²) in [5, 5.41) is 4.24. The largest absolute Gasteiger partial charge is 0.369 e. The predicted octanol–water partition coefficient (Wildman–Crippen LogP) is 0.600. The molecule has 2 aliphatic rings. The molecule has 4 heterocycles. The van der Waals surface area contributed by atoms with Crippen molar-refractivity contribution in [3.05, 3.63) is 30.6 Å². The quantitative estimate of drug-likeness (QED) is 0.737. The van der Waals surface area contributed by atoms with Crippen LogP contribution in [-0.2, 0) is 11.8 Å². The van der Waals surface area contributed by atoms with Crippen LogP contribution in [0.2, 0.25) is 0 Å². The molecule has 0 bridgehead atoms. The zero-order chi connectivity index (χ0) is 17.8. The van der Waals surface area contributed by atoms with Crippen molar-refractivity contribution < 1.29 is 4.79 Å². The standard InChI is InChI=1S/C17H20N8O/c1-23-5-10(4-22-23)12-6-24(7-13(12)15(18)26)16-14-17(20-8-19-16)25(9-21-14)11-2-3-11/h4-5,8-9,11-13H,2-3,6-7H2,1H3,(H2,18,26)/t12-,13+/m1/s1. The van der Waals surface area contributed by atoms with Gasteiger partial charge in [0.1, 0.15) is 6.33 Å². The second-order valence-corrected chi connectivity index (χ2v) is 7.22. The smallest absolute Gasteiger partial charge is 0.223 e. The highest BCUT2D eigenvalue weighted by Gasteiger charge is 2.39. The third-order valence-electron chi connectivity index (χ3n) is 5.42. The molecule has 0 unspecified atom stereocenters. The summed E-state index contributed by atoms with van der Waals surface area (Å²) >= 11 is 0. The molecule has 0 spiro atoms. The number of amides is 1. The van der Waals surface area contributed by atoms with Gasteiger partial charge in [-0.05, 0) is 18.4 Å². The van der Waals surface area contributed by atoms with Crippen LogP contribution in [0.4, 0.5) is 5.82 Å². The number of carbonyl (C=O) groups is 1. The van der Waals surface area contributed by atoms with Crippen LogP contribution < -0.4 is 10.6 Å². The van der Waals surface area contributed by atoms with E-state index >= 15 is 0 Å². The van der Waals surface area contributed by atoms with Crippen molar-refractivity contribution in [3.63, 3.8) is 0 Å². The summed E-state index contributed by atoms with van der Waals surface area (Å²) in [6, 6.07) is 0.503. The summed E-state index contributed by atoms with van der Waals surface area (Å²) in [7, 11) is 1.87. The summed E-state index contributed by atoms with van der Waals surface area (Å²) in [5.74, 6) is 0.189. The summed E-state index contributed by atoms with van der Waals surface area (Å²) < 4.78 is 3.87. The van der Waals surface area contributed by atoms with Gasteiger partial charge >= 0.3 is 0 Å². The number of carbonyl (C=O) groups excluding carboxylic acids is 1. The first kappa shape index (κ1) is 15.3. The molecule has 0 radical (unpaired) electrons. The average Bonchev–Trinajstić information content (AvgIpc) is 3.06. The first-order valence-electron chi connectivity index (χ1n) is 8.82. The van der Waals surface area contributed by atoms with E-state index in [1.54, 1.807) is 11.0 Å². The SMILES string of the molecule is Cn1cc([C@H]2CN(c3ncnc4c3ncn4C3CC3)C[C@@H]2C(N)=O)cn1. The van der Waals surface area contributed by atoms with Gasteiger partial charge in [0, 0.05) is 38.3 Å². The lowest BCUT2D eigenvalue weighted by molar-refractivity contribution is -0.121. The Hall–Kier alpha value is -2.97. The summed E-state index contributed by atoms with van der Waals surface area (Å²) in [4.78, 5) is 27.6. The maximum Gasteiger partial charge on any atom is 0.223 e. The number of fused-ring (bicyclic) bond motifs is 1. The molecule has 1 saturated heterocycles. The number of aryl methyl sites for hydroxylation is 1. The Morgan fingerprint density at radius 3 is 2.77 bits per heavy atom. The van der Waals surface area contributed by atoms with Gasteiger partial charge in [0.15, 0.2) is 17.0 Å². The van der Waals surface area contributed by atoms with Crippen LogP contribution in [0.25, 0.3) is 11.2 Å². The predicted molar refractivity (Wildman–Crippen MR) is 94.4 cm³/mol. The van der Waals surface area contributed by atoms with Gasteiger partial charge in [0.25, 0.3) is 0 Å². The fraction of sp³-hybridized carbons (Fsp3) is 0.471. The minimum atomic E-state index is -0.296. The van der Waals surface area contributed by atoms with Crippen LogP contribution in [0, 0.1) is 5.92 Å². The van der Waals surface area contributed by atoms with Crippen molar-refractivity contribution in [2.24, 2.45) is 18.7 Å². The van der Waals surface area contributed by atoms with Gasteiger partial charge in [0.2, 0.25) is 5.91 Å². The van der Waals surface area contributed by atoms with Gasteiger partial charge in [-0.2, -0.15) is 5.10 Å². The van der Waals surface area contributed by atoms with E-state index < -0.39 is 0 Å². The monoisotopic (exact) mass is 352 g/mol. The number of imidazole rings is 1. The zero-order valence-electron chi connectivity index (χ0n) is 14.5. The van der Waals surface area contributed by atoms with Crippen molar-refractivity contribution in [2.75, 3.05) is 18.0 Å². The van der Waals surface area contributed by atoms with Gasteiger partial charge in [-0.25, -0.2) is 15.0 Å². The maximum atomic E-state index is 12.1. The van der Waals surface area contributed by atoms with E-state index in [0.29, 0.717) is 19.1 Å². The zero-order valence-corrected chi connectivity index (χ0v) is 14.5. The topological polar surface area (TPSA) is 108 Å². The number of hydrogen-bond donors (Lipinski definition) is 1. The number of rotatable bonds is 4. The van der Waals surface area contributed by atoms with Gasteiger partial charge < -0.3 is 15.2 Å². The van der Waals surface area contributed by atoms with E-state index in [2.05, 4.69) is 29.5 Å². The molecule has 5 rings (SSSR count). The van der Waals surface area contributed by atoms with Crippen LogP contribution in [0.1, 0.15) is 30.4 Å². The minimum absolute atomic E-state index is 0.00302. The lowest BCUT2D eigenvalue weighted by Crippen LogP contribution is -2.29. The fourth-order valence-corrected chi connectivity index (χ4v) is 3.93. The van der Waals surface area contributed by atoms with E-state index in [9.17, 15) is 4.79 Å². The molecule has 1 aliphatic heterocycles. The molecule has 9 nitrogen and oxygen atoms in total. The lowest BCUT2D eigenvalue weighted by atomic mass is 9.90. The Labute approximate surface area is 149 Å². The molecule has 9 heteroatoms. The van der Waals surface area contributed by atoms with E-state index in [-0.39, 0.29) is 17.7 Å². The Balaban J connectivity index is 1.52. The lowest BCUT2D eigenvalue weighted by Gasteiger charge is -2.17. The number of primary amides is 1. The van der Waals surface area contributed by atoms with Crippen molar-refractivity contribution in [3.8, 4) is 0 Å². The van der Waals surface area contributed by atoms with E-state index in [4.69, 9.17) is 5.73 Å². The molecular weight excluding hydrogens is 332 g/mol. The van der Waals surface area contributed by atoms with Crippen LogP contribution >= 0.6 is 0 Å². The normalized spacial score (nSPS) is 23.0. The van der Waals surface area contributed by atoms with Crippen molar-refractivity contribution in [1.82, 2.24) is 29.3 Å². The first-order valence-corrected chi connectivity index (χ1v) is 8.82. The third kappa shape index (κ3) is 2.34.